The molecule has 4 nitrogen and oxygen atoms in total. The van der Waals surface area contributed by atoms with E-state index < -0.39 is 11.9 Å². The summed E-state index contributed by atoms with van der Waals surface area (Å²) in [5.74, 6) is -1.80. The van der Waals surface area contributed by atoms with E-state index >= 15 is 0 Å². The third-order valence-corrected chi connectivity index (χ3v) is 9.97. The van der Waals surface area contributed by atoms with Crippen LogP contribution in [-0.2, 0) is 32.0 Å². The molecule has 5 heteroatoms. The second-order valence-electron chi connectivity index (χ2n) is 15.0. The topological polar surface area (TPSA) is 80.3 Å². The van der Waals surface area contributed by atoms with Crippen LogP contribution in [0.1, 0.15) is 271 Å². The molecule has 0 N–H and O–H groups in total. The van der Waals surface area contributed by atoms with Crippen molar-refractivity contribution in [1.82, 2.24) is 0 Å². The fourth-order valence-corrected chi connectivity index (χ4v) is 6.70. The number of hydrogen-bond donors (Lipinski definition) is 0. The standard InChI is InChI=1S/2C22H44O2.Ag/c2*1-2-3-4-5-6-7-8-9-10-11-12-13-14-15-16-17-18-19-20-21-22(23)24;/h2*2-21H2,1H3,(H,23,24);/p-2. The first kappa shape index (κ1) is 53.0. The van der Waals surface area contributed by atoms with Gasteiger partial charge in [-0.25, -0.2) is 0 Å². The molecule has 0 aliphatic carbocycles. The molecule has 0 saturated heterocycles. The Bertz CT molecular complexity index is 560. The van der Waals surface area contributed by atoms with Crippen molar-refractivity contribution in [2.75, 3.05) is 0 Å². The van der Waals surface area contributed by atoms with Crippen molar-refractivity contribution in [2.24, 2.45) is 0 Å². The van der Waals surface area contributed by atoms with Gasteiger partial charge in [-0.15, -0.1) is 0 Å². The monoisotopic (exact) mass is 786 g/mol. The number of unbranched alkanes of at least 4 members (excludes halogenated alkanes) is 36. The molecule has 0 amide bonds. The molecule has 1 radical (unpaired) electrons. The molecule has 0 aromatic rings. The third-order valence-electron chi connectivity index (χ3n) is 9.97. The Balaban J connectivity index is -0.000000846. The minimum Gasteiger partial charge on any atom is -0.550 e. The van der Waals surface area contributed by atoms with Gasteiger partial charge in [0.1, 0.15) is 0 Å². The Labute approximate surface area is 323 Å². The SMILES string of the molecule is CCCCCCCCCCCCCCCCCCCCCC(=O)[O-].CCCCCCCCCCCCCCCCCCCCCC(=O)[O-].[Ag]. The molecular formula is C44H86AgO4-2. The van der Waals surface area contributed by atoms with Crippen LogP contribution < -0.4 is 10.2 Å². The Morgan fingerprint density at radius 2 is 0.388 bits per heavy atom. The van der Waals surface area contributed by atoms with E-state index in [2.05, 4.69) is 13.8 Å². The van der Waals surface area contributed by atoms with Crippen LogP contribution in [0.15, 0.2) is 0 Å². The van der Waals surface area contributed by atoms with Gasteiger partial charge in [-0.1, -0.05) is 245 Å². The summed E-state index contributed by atoms with van der Waals surface area (Å²) in [4.78, 5) is 20.5. The second-order valence-corrected chi connectivity index (χ2v) is 15.0. The van der Waals surface area contributed by atoms with Gasteiger partial charge in [0.2, 0.25) is 0 Å². The number of rotatable bonds is 40. The molecule has 0 bridgehead atoms. The summed E-state index contributed by atoms with van der Waals surface area (Å²) in [6.07, 6.45) is 51.5. The second kappa shape index (κ2) is 49.8. The smallest absolute Gasteiger partial charge is 0.0414 e. The van der Waals surface area contributed by atoms with Gasteiger partial charge in [-0.3, -0.25) is 0 Å². The zero-order chi connectivity index (χ0) is 35.4. The minimum atomic E-state index is -0.901. The van der Waals surface area contributed by atoms with Crippen molar-refractivity contribution in [2.45, 2.75) is 271 Å². The maximum atomic E-state index is 10.3. The van der Waals surface area contributed by atoms with Crippen molar-refractivity contribution in [3.63, 3.8) is 0 Å². The Morgan fingerprint density at radius 3 is 0.510 bits per heavy atom. The molecule has 0 aromatic heterocycles. The van der Waals surface area contributed by atoms with Crippen LogP contribution >= 0.6 is 0 Å². The third kappa shape index (κ3) is 57.3. The van der Waals surface area contributed by atoms with Gasteiger partial charge in [-0.05, 0) is 25.7 Å². The summed E-state index contributed by atoms with van der Waals surface area (Å²) >= 11 is 0. The summed E-state index contributed by atoms with van der Waals surface area (Å²) in [5.41, 5.74) is 0. The molecule has 0 aliphatic heterocycles. The zero-order valence-electron chi connectivity index (χ0n) is 33.2. The van der Waals surface area contributed by atoms with Gasteiger partial charge in [-0.2, -0.15) is 0 Å². The summed E-state index contributed by atoms with van der Waals surface area (Å²) in [6.45, 7) is 4.56. The van der Waals surface area contributed by atoms with Crippen molar-refractivity contribution in [3.8, 4) is 0 Å². The van der Waals surface area contributed by atoms with E-state index in [1.807, 2.05) is 0 Å². The molecule has 0 atom stereocenters. The number of carboxylic acids is 2. The van der Waals surface area contributed by atoms with Crippen LogP contribution in [-0.4, -0.2) is 11.9 Å². The minimum absolute atomic E-state index is 0. The Hall–Kier alpha value is -0.320. The van der Waals surface area contributed by atoms with Crippen LogP contribution in [0.4, 0.5) is 0 Å². The quantitative estimate of drug-likeness (QED) is 0.0458. The number of carbonyl (C=O) groups excluding carboxylic acids is 2. The Morgan fingerprint density at radius 1 is 0.265 bits per heavy atom. The van der Waals surface area contributed by atoms with Gasteiger partial charge in [0, 0.05) is 34.3 Å². The fourth-order valence-electron chi connectivity index (χ4n) is 6.70. The predicted molar refractivity (Wildman–Crippen MR) is 206 cm³/mol. The van der Waals surface area contributed by atoms with E-state index in [4.69, 9.17) is 0 Å². The van der Waals surface area contributed by atoms with E-state index in [0.717, 1.165) is 25.7 Å². The first-order chi connectivity index (χ1) is 23.5. The average molecular weight is 787 g/mol. The van der Waals surface area contributed by atoms with Crippen LogP contribution in [0.25, 0.3) is 0 Å². The van der Waals surface area contributed by atoms with Crippen LogP contribution in [0, 0.1) is 0 Å². The summed E-state index contributed by atoms with van der Waals surface area (Å²) < 4.78 is 0. The summed E-state index contributed by atoms with van der Waals surface area (Å²) in [6, 6.07) is 0. The molecule has 0 rings (SSSR count). The van der Waals surface area contributed by atoms with E-state index in [1.165, 1.54) is 218 Å². The van der Waals surface area contributed by atoms with E-state index in [1.54, 1.807) is 0 Å². The molecule has 0 aliphatic rings. The van der Waals surface area contributed by atoms with E-state index in [9.17, 15) is 19.8 Å². The largest absolute Gasteiger partial charge is 0.550 e. The summed E-state index contributed by atoms with van der Waals surface area (Å²) in [5, 5.41) is 20.5. The van der Waals surface area contributed by atoms with Crippen LogP contribution in [0.3, 0.4) is 0 Å². The molecule has 49 heavy (non-hydrogen) atoms. The van der Waals surface area contributed by atoms with Gasteiger partial charge in [0.15, 0.2) is 0 Å². The van der Waals surface area contributed by atoms with Crippen molar-refractivity contribution in [3.05, 3.63) is 0 Å². The van der Waals surface area contributed by atoms with Gasteiger partial charge < -0.3 is 19.8 Å². The normalized spacial score (nSPS) is 10.8. The molecule has 0 aromatic carbocycles. The molecule has 0 fully saturated rings. The van der Waals surface area contributed by atoms with Gasteiger partial charge >= 0.3 is 0 Å². The molecule has 0 heterocycles. The van der Waals surface area contributed by atoms with Crippen molar-refractivity contribution >= 4 is 11.9 Å². The van der Waals surface area contributed by atoms with E-state index in [0.29, 0.717) is 0 Å². The zero-order valence-corrected chi connectivity index (χ0v) is 34.7. The molecule has 0 saturated carbocycles. The number of carbonyl (C=O) groups is 2. The molecule has 0 spiro atoms. The number of carboxylic acid groups (broad SMARTS) is 2. The molecule has 299 valence electrons. The Kier molecular flexibility index (Phi) is 53.9. The van der Waals surface area contributed by atoms with Gasteiger partial charge in [0.05, 0.1) is 0 Å². The number of hydrogen-bond acceptors (Lipinski definition) is 4. The van der Waals surface area contributed by atoms with Crippen molar-refractivity contribution < 1.29 is 42.2 Å². The first-order valence-electron chi connectivity index (χ1n) is 21.9. The van der Waals surface area contributed by atoms with E-state index in [-0.39, 0.29) is 35.2 Å². The predicted octanol–water partition coefficient (Wildman–Crippen LogP) is 13.1. The molecular weight excluding hydrogens is 700 g/mol. The number of aliphatic carboxylic acids is 2. The first-order valence-corrected chi connectivity index (χ1v) is 21.9. The maximum absolute atomic E-state index is 10.3. The maximum Gasteiger partial charge on any atom is 0.0414 e. The average Bonchev–Trinajstić information content (AvgIpc) is 3.07. The molecule has 0 unspecified atom stereocenters. The van der Waals surface area contributed by atoms with Crippen LogP contribution in [0.2, 0.25) is 0 Å². The van der Waals surface area contributed by atoms with Crippen molar-refractivity contribution in [1.29, 1.82) is 0 Å². The van der Waals surface area contributed by atoms with Crippen LogP contribution in [0.5, 0.6) is 0 Å². The van der Waals surface area contributed by atoms with Gasteiger partial charge in [0.25, 0.3) is 0 Å². The summed E-state index contributed by atoms with van der Waals surface area (Å²) in [7, 11) is 0. The fraction of sp³-hybridized carbons (Fsp3) is 0.955.